The summed E-state index contributed by atoms with van der Waals surface area (Å²) in [6, 6.07) is 22.8. The van der Waals surface area contributed by atoms with Crippen molar-refractivity contribution in [1.82, 2.24) is 30.1 Å². The number of ether oxygens (including phenoxy) is 2. The summed E-state index contributed by atoms with van der Waals surface area (Å²) in [4.78, 5) is 60.4. The van der Waals surface area contributed by atoms with Crippen molar-refractivity contribution in [2.45, 2.75) is 75.2 Å². The average molecular weight is 747 g/mol. The molecule has 13 heteroatoms. The molecule has 3 fully saturated rings. The summed E-state index contributed by atoms with van der Waals surface area (Å²) in [6.07, 6.45) is 3.17. The summed E-state index contributed by atoms with van der Waals surface area (Å²) in [6.45, 7) is 9.00. The third kappa shape index (κ3) is 6.94. The molecule has 0 unspecified atom stereocenters. The molecule has 13 nitrogen and oxygen atoms in total. The summed E-state index contributed by atoms with van der Waals surface area (Å²) in [5.74, 6) is -3.89. The SMILES string of the molecule is C=CCCC(=O)N[C@@H](C)[C@H](OC(=O)[C@@H]1[C@H]2C(=O)N([C@H](CO)c3ccccc3)[C@H](C(=O)N(CC=C)Cn3nnc4ccccc43)[C@]23CC[C@H]1O3)c1ccccc1. The molecule has 3 aromatic carbocycles. The van der Waals surface area contributed by atoms with Gasteiger partial charge in [0.05, 0.1) is 42.1 Å². The Kier molecular flexibility index (Phi) is 10.9. The van der Waals surface area contributed by atoms with Crippen LogP contribution in [-0.4, -0.2) is 90.5 Å². The van der Waals surface area contributed by atoms with Gasteiger partial charge in [-0.05, 0) is 49.4 Å². The predicted molar refractivity (Wildman–Crippen MR) is 202 cm³/mol. The summed E-state index contributed by atoms with van der Waals surface area (Å²) < 4.78 is 14.6. The van der Waals surface area contributed by atoms with Gasteiger partial charge >= 0.3 is 5.97 Å². The molecule has 55 heavy (non-hydrogen) atoms. The van der Waals surface area contributed by atoms with E-state index in [1.807, 2.05) is 60.7 Å². The van der Waals surface area contributed by atoms with Gasteiger partial charge in [-0.3, -0.25) is 19.2 Å². The van der Waals surface area contributed by atoms with Gasteiger partial charge in [0.15, 0.2) is 0 Å². The van der Waals surface area contributed by atoms with Gasteiger partial charge in [0.25, 0.3) is 0 Å². The van der Waals surface area contributed by atoms with Crippen LogP contribution >= 0.6 is 0 Å². The Balaban J connectivity index is 1.25. The molecule has 1 spiro atoms. The maximum Gasteiger partial charge on any atom is 0.313 e. The van der Waals surface area contributed by atoms with Crippen LogP contribution in [0.2, 0.25) is 0 Å². The van der Waals surface area contributed by atoms with E-state index in [-0.39, 0.29) is 25.5 Å². The van der Waals surface area contributed by atoms with Crippen LogP contribution in [0.4, 0.5) is 0 Å². The minimum absolute atomic E-state index is 0.00380. The summed E-state index contributed by atoms with van der Waals surface area (Å²) >= 11 is 0. The third-order valence-electron chi connectivity index (χ3n) is 11.1. The highest BCUT2D eigenvalue weighted by Crippen LogP contribution is 2.60. The second-order valence-corrected chi connectivity index (χ2v) is 14.4. The van der Waals surface area contributed by atoms with Gasteiger partial charge in [0, 0.05) is 13.0 Å². The van der Waals surface area contributed by atoms with Gasteiger partial charge in [0.1, 0.15) is 29.9 Å². The molecular weight excluding hydrogens is 700 g/mol. The lowest BCUT2D eigenvalue weighted by Gasteiger charge is -2.39. The fraction of sp³-hybridized carbons (Fsp3) is 0.381. The predicted octanol–water partition coefficient (Wildman–Crippen LogP) is 4.27. The molecule has 1 aromatic heterocycles. The van der Waals surface area contributed by atoms with E-state index in [0.29, 0.717) is 35.9 Å². The highest BCUT2D eigenvalue weighted by Gasteiger charge is 2.76. The number of amides is 3. The zero-order valence-electron chi connectivity index (χ0n) is 30.8. The minimum atomic E-state index is -1.39. The molecular formula is C42H46N6O7. The van der Waals surface area contributed by atoms with Gasteiger partial charge < -0.3 is 29.7 Å². The van der Waals surface area contributed by atoms with Crippen LogP contribution < -0.4 is 5.32 Å². The van der Waals surface area contributed by atoms with Crippen molar-refractivity contribution in [3.63, 3.8) is 0 Å². The zero-order valence-corrected chi connectivity index (χ0v) is 30.8. The van der Waals surface area contributed by atoms with Crippen molar-refractivity contribution in [2.75, 3.05) is 13.2 Å². The van der Waals surface area contributed by atoms with E-state index in [4.69, 9.17) is 9.47 Å². The van der Waals surface area contributed by atoms with E-state index >= 15 is 9.59 Å². The number of aliphatic hydroxyl groups excluding tert-OH is 1. The molecule has 0 aliphatic carbocycles. The van der Waals surface area contributed by atoms with E-state index in [9.17, 15) is 14.7 Å². The van der Waals surface area contributed by atoms with Crippen LogP contribution in [0.1, 0.15) is 55.9 Å². The number of likely N-dealkylation sites (tertiary alicyclic amines) is 1. The Bertz CT molecular complexity index is 2060. The van der Waals surface area contributed by atoms with Crippen LogP contribution in [0.5, 0.6) is 0 Å². The van der Waals surface area contributed by atoms with Gasteiger partial charge in [0.2, 0.25) is 17.7 Å². The van der Waals surface area contributed by atoms with Crippen molar-refractivity contribution < 1.29 is 33.8 Å². The number of carbonyl (C=O) groups is 4. The number of allylic oxidation sites excluding steroid dienone is 1. The van der Waals surface area contributed by atoms with E-state index in [0.717, 1.165) is 5.52 Å². The van der Waals surface area contributed by atoms with Crippen molar-refractivity contribution >= 4 is 34.7 Å². The zero-order chi connectivity index (χ0) is 38.7. The number of hydrogen-bond acceptors (Lipinski definition) is 9. The molecule has 2 bridgehead atoms. The highest BCUT2D eigenvalue weighted by molar-refractivity contribution is 5.98. The van der Waals surface area contributed by atoms with Gasteiger partial charge in [-0.1, -0.05) is 90.2 Å². The van der Waals surface area contributed by atoms with Crippen LogP contribution in [0.15, 0.2) is 110 Å². The standard InChI is InChI=1S/C42H46N6O7/c1-4-6-21-34(50)43-27(3)37(29-17-11-8-12-18-29)54-41(53)35-33-22-23-42(55-33)36(35)39(51)48(32(25-49)28-15-9-7-10-16-28)38(42)40(52)46(24-5-2)26-47-31-20-14-13-19-30(31)44-45-47/h4-5,7-20,27,32-33,35-38,49H,1-2,6,21-26H2,3H3,(H,43,50)/t27-,32+,33+,35-,36-,37-,38+,42-/m0/s1. The molecule has 7 rings (SSSR count). The Morgan fingerprint density at radius 3 is 2.42 bits per heavy atom. The highest BCUT2D eigenvalue weighted by atomic mass is 16.6. The lowest BCUT2D eigenvalue weighted by Crippen LogP contribution is -2.57. The fourth-order valence-corrected chi connectivity index (χ4v) is 8.67. The Hall–Kier alpha value is -5.66. The Labute approximate surface area is 319 Å². The lowest BCUT2D eigenvalue weighted by atomic mass is 9.70. The first-order valence-electron chi connectivity index (χ1n) is 18.7. The number of benzene rings is 3. The summed E-state index contributed by atoms with van der Waals surface area (Å²) in [5, 5.41) is 22.4. The van der Waals surface area contributed by atoms with Crippen LogP contribution in [0.3, 0.4) is 0 Å². The van der Waals surface area contributed by atoms with E-state index in [1.165, 1.54) is 4.90 Å². The number of para-hydroxylation sites is 1. The van der Waals surface area contributed by atoms with Crippen LogP contribution in [0, 0.1) is 11.8 Å². The molecule has 4 heterocycles. The van der Waals surface area contributed by atoms with Crippen LogP contribution in [-0.2, 0) is 35.3 Å². The first kappa shape index (κ1) is 37.6. The molecule has 4 aromatic rings. The van der Waals surface area contributed by atoms with E-state index in [1.54, 1.807) is 52.9 Å². The first-order chi connectivity index (χ1) is 26.7. The number of esters is 1. The van der Waals surface area contributed by atoms with Crippen LogP contribution in [0.25, 0.3) is 11.0 Å². The molecule has 8 atom stereocenters. The van der Waals surface area contributed by atoms with E-state index < -0.39 is 72.2 Å². The third-order valence-corrected chi connectivity index (χ3v) is 11.1. The van der Waals surface area contributed by atoms with Gasteiger partial charge in [-0.25, -0.2) is 4.68 Å². The number of hydrogen-bond donors (Lipinski definition) is 2. The second kappa shape index (κ2) is 16.0. The molecule has 0 saturated carbocycles. The Morgan fingerprint density at radius 1 is 1.04 bits per heavy atom. The maximum absolute atomic E-state index is 15.1. The number of rotatable bonds is 16. The molecule has 3 aliphatic heterocycles. The topological polar surface area (TPSA) is 156 Å². The first-order valence-corrected chi connectivity index (χ1v) is 18.7. The average Bonchev–Trinajstić information content (AvgIpc) is 3.96. The molecule has 3 amide bonds. The Morgan fingerprint density at radius 2 is 1.73 bits per heavy atom. The quantitative estimate of drug-likeness (QED) is 0.126. The normalized spacial score (nSPS) is 24.2. The maximum atomic E-state index is 15.1. The van der Waals surface area contributed by atoms with Crippen molar-refractivity contribution in [1.29, 1.82) is 0 Å². The number of nitrogens with zero attached hydrogens (tertiary/aromatic N) is 5. The van der Waals surface area contributed by atoms with E-state index in [2.05, 4.69) is 28.8 Å². The number of nitrogens with one attached hydrogen (secondary N) is 1. The molecule has 3 aliphatic rings. The summed E-state index contributed by atoms with van der Waals surface area (Å²) in [5.41, 5.74) is 1.29. The number of aliphatic hydroxyl groups is 1. The fourth-order valence-electron chi connectivity index (χ4n) is 8.67. The van der Waals surface area contributed by atoms with Gasteiger partial charge in [-0.15, -0.1) is 18.3 Å². The number of aromatic nitrogens is 3. The number of fused-ring (bicyclic) bond motifs is 2. The number of carbonyl (C=O) groups excluding carboxylic acids is 4. The molecule has 0 radical (unpaired) electrons. The lowest BCUT2D eigenvalue weighted by molar-refractivity contribution is -0.162. The van der Waals surface area contributed by atoms with Crippen molar-refractivity contribution in [3.05, 3.63) is 121 Å². The molecule has 2 N–H and O–H groups in total. The molecule has 3 saturated heterocycles. The largest absolute Gasteiger partial charge is 0.455 e. The molecule has 286 valence electrons. The monoisotopic (exact) mass is 746 g/mol. The van der Waals surface area contributed by atoms with Crippen molar-refractivity contribution in [3.8, 4) is 0 Å². The minimum Gasteiger partial charge on any atom is -0.455 e. The smallest absolute Gasteiger partial charge is 0.313 e. The van der Waals surface area contributed by atoms with Gasteiger partial charge in [-0.2, -0.15) is 0 Å². The van der Waals surface area contributed by atoms with Crippen molar-refractivity contribution in [2.24, 2.45) is 11.8 Å². The second-order valence-electron chi connectivity index (χ2n) is 14.4. The summed E-state index contributed by atoms with van der Waals surface area (Å²) in [7, 11) is 0.